The summed E-state index contributed by atoms with van der Waals surface area (Å²) in [5.41, 5.74) is 0.547. The van der Waals surface area contributed by atoms with Crippen LogP contribution in [0.4, 0.5) is 11.4 Å². The first-order valence-corrected chi connectivity index (χ1v) is 7.29. The zero-order chi connectivity index (χ0) is 15.1. The molecule has 0 aliphatic carbocycles. The molecule has 2 unspecified atom stereocenters. The van der Waals surface area contributed by atoms with Gasteiger partial charge in [0.1, 0.15) is 5.02 Å². The van der Waals surface area contributed by atoms with Gasteiger partial charge in [-0.25, -0.2) is 0 Å². The SMILES string of the molecule is O=Cc1c(N2C3CCC2CC(O)C3)ccc([N+](=O)[O-])c1Cl. The average molecular weight is 311 g/mol. The maximum atomic E-state index is 11.4. The molecule has 2 bridgehead atoms. The first-order chi connectivity index (χ1) is 10.0. The maximum Gasteiger partial charge on any atom is 0.288 e. The number of halogens is 1. The van der Waals surface area contributed by atoms with E-state index in [1.807, 2.05) is 0 Å². The van der Waals surface area contributed by atoms with Crippen LogP contribution in [-0.2, 0) is 0 Å². The lowest BCUT2D eigenvalue weighted by Crippen LogP contribution is -2.45. The van der Waals surface area contributed by atoms with Gasteiger partial charge in [-0.05, 0) is 31.7 Å². The number of piperidine rings is 1. The van der Waals surface area contributed by atoms with Crippen molar-refractivity contribution in [3.05, 3.63) is 32.8 Å². The number of anilines is 1. The van der Waals surface area contributed by atoms with Gasteiger partial charge < -0.3 is 10.0 Å². The molecule has 2 fully saturated rings. The molecular weight excluding hydrogens is 296 g/mol. The zero-order valence-electron chi connectivity index (χ0n) is 11.2. The molecule has 0 radical (unpaired) electrons. The van der Waals surface area contributed by atoms with Gasteiger partial charge >= 0.3 is 0 Å². The summed E-state index contributed by atoms with van der Waals surface area (Å²) in [7, 11) is 0. The minimum Gasteiger partial charge on any atom is -0.393 e. The molecule has 1 aromatic rings. The Morgan fingerprint density at radius 2 is 1.95 bits per heavy atom. The van der Waals surface area contributed by atoms with E-state index in [-0.39, 0.29) is 34.5 Å². The minimum absolute atomic E-state index is 0.113. The molecule has 3 rings (SSSR count). The molecular formula is C14H15ClN2O4. The van der Waals surface area contributed by atoms with Crippen molar-refractivity contribution in [2.45, 2.75) is 43.9 Å². The van der Waals surface area contributed by atoms with E-state index in [4.69, 9.17) is 11.6 Å². The van der Waals surface area contributed by atoms with E-state index in [1.165, 1.54) is 6.07 Å². The van der Waals surface area contributed by atoms with Gasteiger partial charge in [-0.15, -0.1) is 0 Å². The topological polar surface area (TPSA) is 83.7 Å². The number of carbonyl (C=O) groups is 1. The predicted octanol–water partition coefficient (Wildman–Crippen LogP) is 2.55. The Morgan fingerprint density at radius 1 is 1.33 bits per heavy atom. The molecule has 0 amide bonds. The Bertz CT molecular complexity index is 593. The molecule has 1 N–H and O–H groups in total. The fraction of sp³-hybridized carbons (Fsp3) is 0.500. The first-order valence-electron chi connectivity index (χ1n) is 6.91. The third-order valence-corrected chi connectivity index (χ3v) is 4.83. The Balaban J connectivity index is 2.05. The van der Waals surface area contributed by atoms with Crippen LogP contribution in [-0.4, -0.2) is 34.5 Å². The van der Waals surface area contributed by atoms with E-state index >= 15 is 0 Å². The summed E-state index contributed by atoms with van der Waals surface area (Å²) in [6.07, 6.45) is 3.48. The van der Waals surface area contributed by atoms with Gasteiger partial charge in [0, 0.05) is 23.8 Å². The van der Waals surface area contributed by atoms with Crippen molar-refractivity contribution < 1.29 is 14.8 Å². The van der Waals surface area contributed by atoms with Gasteiger partial charge in [-0.1, -0.05) is 11.6 Å². The summed E-state index contributed by atoms with van der Waals surface area (Å²) in [6, 6.07) is 3.26. The lowest BCUT2D eigenvalue weighted by atomic mass is 9.98. The van der Waals surface area contributed by atoms with Crippen LogP contribution in [0.1, 0.15) is 36.0 Å². The monoisotopic (exact) mass is 310 g/mol. The highest BCUT2D eigenvalue weighted by Crippen LogP contribution is 2.43. The third-order valence-electron chi connectivity index (χ3n) is 4.44. The van der Waals surface area contributed by atoms with Crippen molar-refractivity contribution >= 4 is 29.3 Å². The molecule has 6 nitrogen and oxygen atoms in total. The van der Waals surface area contributed by atoms with Crippen LogP contribution in [0.5, 0.6) is 0 Å². The van der Waals surface area contributed by atoms with Crippen molar-refractivity contribution in [1.82, 2.24) is 0 Å². The van der Waals surface area contributed by atoms with Crippen molar-refractivity contribution in [1.29, 1.82) is 0 Å². The van der Waals surface area contributed by atoms with Crippen LogP contribution in [0, 0.1) is 10.1 Å². The summed E-state index contributed by atoms with van der Waals surface area (Å²) in [5.74, 6) is 0. The molecule has 2 heterocycles. The van der Waals surface area contributed by atoms with Crippen molar-refractivity contribution in [2.75, 3.05) is 4.90 Å². The van der Waals surface area contributed by atoms with Gasteiger partial charge in [0.25, 0.3) is 5.69 Å². The van der Waals surface area contributed by atoms with Gasteiger partial charge in [0.15, 0.2) is 6.29 Å². The van der Waals surface area contributed by atoms with Crippen LogP contribution < -0.4 is 4.90 Å². The second-order valence-corrected chi connectivity index (χ2v) is 6.00. The number of hydrogen-bond acceptors (Lipinski definition) is 5. The Kier molecular flexibility index (Phi) is 3.59. The summed E-state index contributed by atoms with van der Waals surface area (Å²) in [4.78, 5) is 23.8. The number of rotatable bonds is 3. The number of nitrogens with zero attached hydrogens (tertiary/aromatic N) is 2. The van der Waals surface area contributed by atoms with E-state index in [2.05, 4.69) is 4.90 Å². The predicted molar refractivity (Wildman–Crippen MR) is 78.0 cm³/mol. The summed E-state index contributed by atoms with van der Waals surface area (Å²) < 4.78 is 0. The number of nitro benzene ring substituents is 1. The number of carbonyl (C=O) groups excluding carboxylic acids is 1. The van der Waals surface area contributed by atoms with Crippen LogP contribution in [0.15, 0.2) is 12.1 Å². The number of nitro groups is 1. The van der Waals surface area contributed by atoms with Gasteiger partial charge in [0.05, 0.1) is 16.6 Å². The minimum atomic E-state index is -0.590. The molecule has 112 valence electrons. The number of hydrogen-bond donors (Lipinski definition) is 1. The molecule has 2 atom stereocenters. The highest BCUT2D eigenvalue weighted by molar-refractivity contribution is 6.35. The highest BCUT2D eigenvalue weighted by Gasteiger charge is 2.41. The standard InChI is InChI=1S/C14H15ClN2O4/c15-14-11(7-18)12(3-4-13(14)17(20)21)16-8-1-2-9(16)6-10(19)5-8/h3-4,7-10,19H,1-2,5-6H2. The largest absolute Gasteiger partial charge is 0.393 e. The first kappa shape index (κ1) is 14.3. The average Bonchev–Trinajstić information content (AvgIpc) is 2.69. The van der Waals surface area contributed by atoms with Crippen LogP contribution >= 0.6 is 11.6 Å². The molecule has 1 aromatic carbocycles. The maximum absolute atomic E-state index is 11.4. The molecule has 0 spiro atoms. The number of benzene rings is 1. The second kappa shape index (κ2) is 5.27. The molecule has 7 heteroatoms. The van der Waals surface area contributed by atoms with Crippen molar-refractivity contribution in [3.8, 4) is 0 Å². The van der Waals surface area contributed by atoms with Gasteiger partial charge in [-0.2, -0.15) is 0 Å². The van der Waals surface area contributed by atoms with Crippen molar-refractivity contribution in [2.24, 2.45) is 0 Å². The highest BCUT2D eigenvalue weighted by atomic mass is 35.5. The smallest absolute Gasteiger partial charge is 0.288 e. The van der Waals surface area contributed by atoms with E-state index in [1.54, 1.807) is 6.07 Å². The number of fused-ring (bicyclic) bond motifs is 2. The lowest BCUT2D eigenvalue weighted by Gasteiger charge is -2.39. The number of aliphatic hydroxyl groups excluding tert-OH is 1. The fourth-order valence-corrected chi connectivity index (χ4v) is 3.86. The van der Waals surface area contributed by atoms with Crippen molar-refractivity contribution in [3.63, 3.8) is 0 Å². The molecule has 2 saturated heterocycles. The molecule has 2 aliphatic heterocycles. The number of aliphatic hydroxyl groups is 1. The molecule has 0 aromatic heterocycles. The van der Waals surface area contributed by atoms with E-state index in [9.17, 15) is 20.0 Å². The van der Waals surface area contributed by atoms with E-state index in [0.29, 0.717) is 24.8 Å². The Labute approximate surface area is 126 Å². The molecule has 0 saturated carbocycles. The molecule has 2 aliphatic rings. The van der Waals surface area contributed by atoms with Crippen LogP contribution in [0.2, 0.25) is 5.02 Å². The Morgan fingerprint density at radius 3 is 2.48 bits per heavy atom. The normalized spacial score (nSPS) is 27.7. The molecule has 21 heavy (non-hydrogen) atoms. The van der Waals surface area contributed by atoms with Gasteiger partial charge in [0.2, 0.25) is 0 Å². The fourth-order valence-electron chi connectivity index (χ4n) is 3.59. The summed E-state index contributed by atoms with van der Waals surface area (Å²) >= 11 is 6.02. The van der Waals surface area contributed by atoms with E-state index in [0.717, 1.165) is 12.8 Å². The van der Waals surface area contributed by atoms with Gasteiger partial charge in [-0.3, -0.25) is 14.9 Å². The second-order valence-electron chi connectivity index (χ2n) is 5.62. The quantitative estimate of drug-likeness (QED) is 0.527. The lowest BCUT2D eigenvalue weighted by molar-refractivity contribution is -0.384. The number of aldehydes is 1. The Hall–Kier alpha value is -1.66. The van der Waals surface area contributed by atoms with Crippen LogP contribution in [0.3, 0.4) is 0 Å². The zero-order valence-corrected chi connectivity index (χ0v) is 12.0. The van der Waals surface area contributed by atoms with E-state index < -0.39 is 4.92 Å². The summed E-state index contributed by atoms with van der Waals surface area (Å²) in [6.45, 7) is 0. The van der Waals surface area contributed by atoms with Crippen LogP contribution in [0.25, 0.3) is 0 Å². The third kappa shape index (κ3) is 2.28. The summed E-state index contributed by atoms with van der Waals surface area (Å²) in [5, 5.41) is 20.6.